The number of amides is 2. The third-order valence-electron chi connectivity index (χ3n) is 2.71. The predicted molar refractivity (Wildman–Crippen MR) is 78.1 cm³/mol. The molecule has 0 aliphatic carbocycles. The van der Waals surface area contributed by atoms with Crippen LogP contribution >= 0.6 is 11.6 Å². The first-order chi connectivity index (χ1) is 10.0. The summed E-state index contributed by atoms with van der Waals surface area (Å²) in [5, 5.41) is 14.0. The van der Waals surface area contributed by atoms with E-state index in [2.05, 4.69) is 10.6 Å². The highest BCUT2D eigenvalue weighted by atomic mass is 35.5. The van der Waals surface area contributed by atoms with E-state index in [1.807, 2.05) is 6.07 Å². The number of rotatable bonds is 8. The number of carboxylic acid groups (broad SMARTS) is 1. The van der Waals surface area contributed by atoms with E-state index in [4.69, 9.17) is 16.7 Å². The fourth-order valence-electron chi connectivity index (χ4n) is 1.68. The number of alkyl halides is 1. The van der Waals surface area contributed by atoms with Gasteiger partial charge in [-0.05, 0) is 5.56 Å². The molecule has 0 aliphatic heterocycles. The molecular formula is C14H17ClN2O4. The van der Waals surface area contributed by atoms with Gasteiger partial charge >= 0.3 is 5.97 Å². The summed E-state index contributed by atoms with van der Waals surface area (Å²) in [6.07, 6.45) is 0.206. The SMILES string of the molecule is O=C(CCl)NCCC(=O)N[C@@H](Cc1ccccc1)C(=O)O. The average Bonchev–Trinajstić information content (AvgIpc) is 2.47. The fraction of sp³-hybridized carbons (Fsp3) is 0.357. The van der Waals surface area contributed by atoms with Gasteiger partial charge in [0.1, 0.15) is 11.9 Å². The smallest absolute Gasteiger partial charge is 0.326 e. The second kappa shape index (κ2) is 8.97. The van der Waals surface area contributed by atoms with Crippen LogP contribution in [0.15, 0.2) is 30.3 Å². The molecule has 2 amide bonds. The van der Waals surface area contributed by atoms with Crippen molar-refractivity contribution in [2.24, 2.45) is 0 Å². The molecule has 0 saturated carbocycles. The Bertz CT molecular complexity index is 493. The molecule has 114 valence electrons. The summed E-state index contributed by atoms with van der Waals surface area (Å²) < 4.78 is 0. The van der Waals surface area contributed by atoms with Gasteiger partial charge in [-0.1, -0.05) is 30.3 Å². The largest absolute Gasteiger partial charge is 0.480 e. The Hall–Kier alpha value is -2.08. The molecule has 21 heavy (non-hydrogen) atoms. The molecular weight excluding hydrogens is 296 g/mol. The third-order valence-corrected chi connectivity index (χ3v) is 2.95. The van der Waals surface area contributed by atoms with Crippen LogP contribution in [0.2, 0.25) is 0 Å². The summed E-state index contributed by atoms with van der Waals surface area (Å²) in [6, 6.07) is 8.03. The van der Waals surface area contributed by atoms with Crippen molar-refractivity contribution in [3.8, 4) is 0 Å². The highest BCUT2D eigenvalue weighted by Gasteiger charge is 2.20. The van der Waals surface area contributed by atoms with E-state index < -0.39 is 17.9 Å². The summed E-state index contributed by atoms with van der Waals surface area (Å²) in [7, 11) is 0. The molecule has 1 aromatic carbocycles. The molecule has 0 aliphatic rings. The third kappa shape index (κ3) is 6.76. The lowest BCUT2D eigenvalue weighted by Crippen LogP contribution is -2.43. The number of carbonyl (C=O) groups excluding carboxylic acids is 2. The second-order valence-electron chi connectivity index (χ2n) is 4.38. The first-order valence-corrected chi connectivity index (χ1v) is 6.95. The summed E-state index contributed by atoms with van der Waals surface area (Å²) in [5.74, 6) is -2.08. The van der Waals surface area contributed by atoms with Gasteiger partial charge in [-0.25, -0.2) is 4.79 Å². The van der Waals surface area contributed by atoms with Crippen LogP contribution in [0.25, 0.3) is 0 Å². The summed E-state index contributed by atoms with van der Waals surface area (Å²) in [6.45, 7) is 0.120. The molecule has 0 unspecified atom stereocenters. The molecule has 0 bridgehead atoms. The Morgan fingerprint density at radius 3 is 2.38 bits per heavy atom. The van der Waals surface area contributed by atoms with Crippen molar-refractivity contribution in [3.63, 3.8) is 0 Å². The Kier molecular flexibility index (Phi) is 7.25. The summed E-state index contributed by atoms with van der Waals surface area (Å²) in [5.41, 5.74) is 0.820. The maximum atomic E-state index is 11.7. The molecule has 3 N–H and O–H groups in total. The minimum atomic E-state index is -1.10. The normalized spacial score (nSPS) is 11.5. The van der Waals surface area contributed by atoms with Gasteiger partial charge in [0.2, 0.25) is 11.8 Å². The van der Waals surface area contributed by atoms with Gasteiger partial charge in [0.25, 0.3) is 0 Å². The van der Waals surface area contributed by atoms with Crippen molar-refractivity contribution in [1.29, 1.82) is 0 Å². The molecule has 1 atom stereocenters. The van der Waals surface area contributed by atoms with Crippen LogP contribution in [-0.4, -0.2) is 41.4 Å². The van der Waals surface area contributed by atoms with Crippen molar-refractivity contribution in [3.05, 3.63) is 35.9 Å². The lowest BCUT2D eigenvalue weighted by Gasteiger charge is -2.14. The number of hydrogen-bond donors (Lipinski definition) is 3. The predicted octanol–water partition coefficient (Wildman–Crippen LogP) is 0.544. The van der Waals surface area contributed by atoms with Crippen LogP contribution in [0.5, 0.6) is 0 Å². The molecule has 7 heteroatoms. The van der Waals surface area contributed by atoms with E-state index in [-0.39, 0.29) is 31.2 Å². The number of hydrogen-bond acceptors (Lipinski definition) is 3. The molecule has 0 radical (unpaired) electrons. The zero-order valence-corrected chi connectivity index (χ0v) is 12.1. The van der Waals surface area contributed by atoms with E-state index in [0.717, 1.165) is 5.56 Å². The molecule has 0 fully saturated rings. The van der Waals surface area contributed by atoms with Crippen LogP contribution in [0.1, 0.15) is 12.0 Å². The van der Waals surface area contributed by atoms with Crippen molar-refractivity contribution in [2.45, 2.75) is 18.9 Å². The summed E-state index contributed by atoms with van der Waals surface area (Å²) >= 11 is 5.29. The minimum absolute atomic E-state index is 0.00119. The highest BCUT2D eigenvalue weighted by molar-refractivity contribution is 6.27. The lowest BCUT2D eigenvalue weighted by molar-refractivity contribution is -0.141. The number of carbonyl (C=O) groups is 3. The van der Waals surface area contributed by atoms with E-state index >= 15 is 0 Å². The van der Waals surface area contributed by atoms with Crippen molar-refractivity contribution in [2.75, 3.05) is 12.4 Å². The Morgan fingerprint density at radius 1 is 1.14 bits per heavy atom. The first kappa shape index (κ1) is 17.0. The van der Waals surface area contributed by atoms with Crippen molar-refractivity contribution in [1.82, 2.24) is 10.6 Å². The number of aliphatic carboxylic acids is 1. The monoisotopic (exact) mass is 312 g/mol. The van der Waals surface area contributed by atoms with E-state index in [1.54, 1.807) is 24.3 Å². The lowest BCUT2D eigenvalue weighted by atomic mass is 10.1. The fourth-order valence-corrected chi connectivity index (χ4v) is 1.77. The standard InChI is InChI=1S/C14H17ClN2O4/c15-9-13(19)16-7-6-12(18)17-11(14(20)21)8-10-4-2-1-3-5-10/h1-5,11H,6-9H2,(H,16,19)(H,17,18)(H,20,21)/t11-/m0/s1. The van der Waals surface area contributed by atoms with Gasteiger partial charge in [-0.2, -0.15) is 0 Å². The zero-order chi connectivity index (χ0) is 15.7. The van der Waals surface area contributed by atoms with Crippen LogP contribution in [0, 0.1) is 0 Å². The molecule has 1 aromatic rings. The molecule has 1 rings (SSSR count). The minimum Gasteiger partial charge on any atom is -0.480 e. The van der Waals surface area contributed by atoms with Crippen LogP contribution in [0.3, 0.4) is 0 Å². The van der Waals surface area contributed by atoms with Gasteiger partial charge < -0.3 is 15.7 Å². The van der Waals surface area contributed by atoms with Crippen LogP contribution in [0.4, 0.5) is 0 Å². The van der Waals surface area contributed by atoms with Crippen LogP contribution in [-0.2, 0) is 20.8 Å². The number of benzene rings is 1. The zero-order valence-electron chi connectivity index (χ0n) is 11.3. The number of carboxylic acids is 1. The number of halogens is 1. The molecule has 0 heterocycles. The van der Waals surface area contributed by atoms with Crippen molar-refractivity contribution >= 4 is 29.4 Å². The highest BCUT2D eigenvalue weighted by Crippen LogP contribution is 2.03. The van der Waals surface area contributed by atoms with Gasteiger partial charge in [-0.15, -0.1) is 11.6 Å². The average molecular weight is 313 g/mol. The summed E-state index contributed by atoms with van der Waals surface area (Å²) in [4.78, 5) is 33.7. The van der Waals surface area contributed by atoms with Crippen LogP contribution < -0.4 is 10.6 Å². The quantitative estimate of drug-likeness (QED) is 0.611. The maximum Gasteiger partial charge on any atom is 0.326 e. The topological polar surface area (TPSA) is 95.5 Å². The maximum absolute atomic E-state index is 11.7. The first-order valence-electron chi connectivity index (χ1n) is 6.41. The Morgan fingerprint density at radius 2 is 1.81 bits per heavy atom. The Balaban J connectivity index is 2.45. The van der Waals surface area contributed by atoms with Gasteiger partial charge in [0, 0.05) is 19.4 Å². The van der Waals surface area contributed by atoms with Gasteiger partial charge in [-0.3, -0.25) is 9.59 Å². The van der Waals surface area contributed by atoms with E-state index in [1.165, 1.54) is 0 Å². The Labute approximate surface area is 127 Å². The van der Waals surface area contributed by atoms with Gasteiger partial charge in [0.15, 0.2) is 0 Å². The van der Waals surface area contributed by atoms with E-state index in [9.17, 15) is 14.4 Å². The molecule has 0 saturated heterocycles. The van der Waals surface area contributed by atoms with Gasteiger partial charge in [0.05, 0.1) is 0 Å². The van der Waals surface area contributed by atoms with E-state index in [0.29, 0.717) is 0 Å². The molecule has 6 nitrogen and oxygen atoms in total. The second-order valence-corrected chi connectivity index (χ2v) is 4.65. The number of nitrogens with one attached hydrogen (secondary N) is 2. The molecule has 0 aromatic heterocycles. The van der Waals surface area contributed by atoms with Crippen molar-refractivity contribution < 1.29 is 19.5 Å². The molecule has 0 spiro atoms.